The van der Waals surface area contributed by atoms with Gasteiger partial charge >= 0.3 is 24.2 Å². The Morgan fingerprint density at radius 3 is 1.76 bits per heavy atom. The molecule has 1 aromatic carbocycles. The lowest BCUT2D eigenvalue weighted by molar-refractivity contribution is -0.151. The van der Waals surface area contributed by atoms with Crippen LogP contribution < -0.4 is 15.2 Å². The Labute approximate surface area is 243 Å². The van der Waals surface area contributed by atoms with Gasteiger partial charge in [0.2, 0.25) is 0 Å². The highest BCUT2D eigenvalue weighted by Gasteiger charge is 2.33. The maximum Gasteiger partial charge on any atom is 0.513 e. The summed E-state index contributed by atoms with van der Waals surface area (Å²) in [5.74, 6) is -3.44. The van der Waals surface area contributed by atoms with E-state index in [0.29, 0.717) is 5.56 Å². The number of carbonyl (C=O) groups is 4. The first-order valence-electron chi connectivity index (χ1n) is 14.2. The number of aliphatic carboxylic acids is 1. The lowest BCUT2D eigenvalue weighted by Gasteiger charge is -2.28. The predicted octanol–water partition coefficient (Wildman–Crippen LogP) is 5.78. The number of carboxylic acids is 1. The topological polar surface area (TPSA) is 161 Å². The third-order valence-corrected chi connectivity index (χ3v) is 7.25. The molecule has 0 radical (unpaired) electrons. The summed E-state index contributed by atoms with van der Waals surface area (Å²) in [5, 5.41) is 9.73. The second kappa shape index (κ2) is 17.5. The van der Waals surface area contributed by atoms with E-state index in [1.807, 2.05) is 41.5 Å². The van der Waals surface area contributed by atoms with E-state index < -0.39 is 42.1 Å². The van der Waals surface area contributed by atoms with Gasteiger partial charge in [-0.3, -0.25) is 9.59 Å². The molecular weight excluding hydrogens is 534 g/mol. The molecule has 6 atom stereocenters. The number of hydrogen-bond acceptors (Lipinski definition) is 10. The van der Waals surface area contributed by atoms with Gasteiger partial charge in [0.15, 0.2) is 11.5 Å². The molecule has 0 fully saturated rings. The van der Waals surface area contributed by atoms with Gasteiger partial charge in [0.1, 0.15) is 6.04 Å². The summed E-state index contributed by atoms with van der Waals surface area (Å²) in [4.78, 5) is 49.2. The Kier molecular flexibility index (Phi) is 15.2. The first-order chi connectivity index (χ1) is 19.2. The Bertz CT molecular complexity index is 1010. The fourth-order valence-corrected chi connectivity index (χ4v) is 3.56. The molecule has 3 N–H and O–H groups in total. The summed E-state index contributed by atoms with van der Waals surface area (Å²) >= 11 is 0. The van der Waals surface area contributed by atoms with E-state index in [-0.39, 0.29) is 55.0 Å². The highest BCUT2D eigenvalue weighted by Crippen LogP contribution is 2.36. The lowest BCUT2D eigenvalue weighted by atomic mass is 9.82. The smallest absolute Gasteiger partial charge is 0.480 e. The number of carbonyl (C=O) groups excluding carboxylic acids is 3. The van der Waals surface area contributed by atoms with Gasteiger partial charge in [-0.05, 0) is 41.4 Å². The molecule has 11 heteroatoms. The van der Waals surface area contributed by atoms with Crippen molar-refractivity contribution in [1.29, 1.82) is 0 Å². The van der Waals surface area contributed by atoms with Crippen LogP contribution in [0.25, 0.3) is 0 Å². The summed E-state index contributed by atoms with van der Waals surface area (Å²) in [6.45, 7) is 15.2. The van der Waals surface area contributed by atoms with Crippen LogP contribution in [0.2, 0.25) is 0 Å². The van der Waals surface area contributed by atoms with Crippen LogP contribution in [0.4, 0.5) is 9.59 Å². The van der Waals surface area contributed by atoms with Crippen LogP contribution in [0.5, 0.6) is 11.5 Å². The Morgan fingerprint density at radius 1 is 0.780 bits per heavy atom. The van der Waals surface area contributed by atoms with E-state index >= 15 is 0 Å². The molecule has 0 amide bonds. The largest absolute Gasteiger partial charge is 0.513 e. The molecule has 0 spiro atoms. The molecular formula is C30H47NO10. The fraction of sp³-hybridized carbons (Fsp3) is 0.667. The van der Waals surface area contributed by atoms with Crippen molar-refractivity contribution in [1.82, 2.24) is 0 Å². The average molecular weight is 582 g/mol. The van der Waals surface area contributed by atoms with E-state index in [2.05, 4.69) is 0 Å². The number of benzene rings is 1. The van der Waals surface area contributed by atoms with Crippen molar-refractivity contribution in [2.24, 2.45) is 35.3 Å². The Hall–Kier alpha value is -3.34. The SMILES string of the molecule is CCC(C)COC(=O)Oc1ccc(C(C(C)COC(=O)C(C)C(C)C)[C@H](N)C(=O)O)cc1OC(=O)OCC(C)CC. The zero-order valence-electron chi connectivity index (χ0n) is 25.5. The second-order valence-corrected chi connectivity index (χ2v) is 11.1. The lowest BCUT2D eigenvalue weighted by Crippen LogP contribution is -2.41. The number of carboxylic acid groups (broad SMARTS) is 1. The quantitative estimate of drug-likeness (QED) is 0.138. The summed E-state index contributed by atoms with van der Waals surface area (Å²) in [7, 11) is 0. The first kappa shape index (κ1) is 35.7. The van der Waals surface area contributed by atoms with Crippen molar-refractivity contribution in [3.8, 4) is 11.5 Å². The Morgan fingerprint density at radius 2 is 1.29 bits per heavy atom. The van der Waals surface area contributed by atoms with Crippen molar-refractivity contribution in [3.05, 3.63) is 23.8 Å². The minimum atomic E-state index is -1.39. The van der Waals surface area contributed by atoms with Crippen LogP contribution in [0.3, 0.4) is 0 Å². The van der Waals surface area contributed by atoms with E-state index in [0.717, 1.165) is 12.8 Å². The van der Waals surface area contributed by atoms with E-state index in [4.69, 9.17) is 29.4 Å². The third kappa shape index (κ3) is 12.0. The average Bonchev–Trinajstić information content (AvgIpc) is 2.93. The number of esters is 1. The number of ether oxygens (including phenoxy) is 5. The van der Waals surface area contributed by atoms with Crippen molar-refractivity contribution < 1.29 is 48.0 Å². The van der Waals surface area contributed by atoms with Crippen molar-refractivity contribution >= 4 is 24.2 Å². The monoisotopic (exact) mass is 581 g/mol. The highest BCUT2D eigenvalue weighted by atomic mass is 16.7. The first-order valence-corrected chi connectivity index (χ1v) is 14.2. The van der Waals surface area contributed by atoms with Gasteiger partial charge in [-0.15, -0.1) is 0 Å². The van der Waals surface area contributed by atoms with E-state index in [1.165, 1.54) is 18.2 Å². The normalized spacial score (nSPS) is 15.6. The molecule has 0 heterocycles. The maximum absolute atomic E-state index is 12.5. The fourth-order valence-electron chi connectivity index (χ4n) is 3.56. The molecule has 0 bridgehead atoms. The number of rotatable bonds is 16. The second-order valence-electron chi connectivity index (χ2n) is 11.1. The van der Waals surface area contributed by atoms with Crippen LogP contribution in [-0.2, 0) is 23.8 Å². The number of hydrogen-bond donors (Lipinski definition) is 2. The van der Waals surface area contributed by atoms with Gasteiger partial charge < -0.3 is 34.5 Å². The molecule has 0 aliphatic rings. The molecule has 0 saturated heterocycles. The van der Waals surface area contributed by atoms with Crippen molar-refractivity contribution in [2.75, 3.05) is 19.8 Å². The predicted molar refractivity (Wildman–Crippen MR) is 152 cm³/mol. The highest BCUT2D eigenvalue weighted by molar-refractivity contribution is 5.75. The van der Waals surface area contributed by atoms with Gasteiger partial charge in [0.25, 0.3) is 0 Å². The molecule has 41 heavy (non-hydrogen) atoms. The van der Waals surface area contributed by atoms with Gasteiger partial charge in [0, 0.05) is 5.92 Å². The van der Waals surface area contributed by atoms with E-state index in [9.17, 15) is 24.3 Å². The van der Waals surface area contributed by atoms with Crippen LogP contribution in [0.1, 0.15) is 79.7 Å². The zero-order valence-corrected chi connectivity index (χ0v) is 25.5. The minimum absolute atomic E-state index is 0.0686. The standard InChI is InChI=1S/C30H47NO10/c1-9-18(5)14-38-29(35)40-23-12-11-22(13-24(23)41-30(36)39-15-19(6)10-2)25(26(31)27(32)33)20(7)16-37-28(34)21(8)17(3)4/h11-13,17-21,25-26H,9-10,14-16,31H2,1-8H3,(H,32,33)/t18?,19?,20?,21?,25?,26-/m0/s1. The zero-order chi connectivity index (χ0) is 31.3. The van der Waals surface area contributed by atoms with Gasteiger partial charge in [-0.1, -0.05) is 74.3 Å². The molecule has 0 aromatic heterocycles. The summed E-state index contributed by atoms with van der Waals surface area (Å²) in [5.41, 5.74) is 6.44. The molecule has 0 aliphatic heterocycles. The molecule has 0 aliphatic carbocycles. The number of nitrogens with two attached hydrogens (primary N) is 1. The van der Waals surface area contributed by atoms with Crippen molar-refractivity contribution in [3.63, 3.8) is 0 Å². The van der Waals surface area contributed by atoms with Gasteiger partial charge in [0.05, 0.1) is 25.7 Å². The molecule has 0 saturated carbocycles. The molecule has 5 unspecified atom stereocenters. The van der Waals surface area contributed by atoms with E-state index in [1.54, 1.807) is 13.8 Å². The molecule has 232 valence electrons. The van der Waals surface area contributed by atoms with Gasteiger partial charge in [-0.2, -0.15) is 0 Å². The minimum Gasteiger partial charge on any atom is -0.480 e. The van der Waals surface area contributed by atoms with Crippen LogP contribution >= 0.6 is 0 Å². The Balaban J connectivity index is 3.34. The van der Waals surface area contributed by atoms with Crippen LogP contribution in [-0.4, -0.2) is 55.2 Å². The van der Waals surface area contributed by atoms with Crippen LogP contribution in [0, 0.1) is 29.6 Å². The summed E-state index contributed by atoms with van der Waals surface area (Å²) in [6.07, 6.45) is -0.432. The third-order valence-electron chi connectivity index (χ3n) is 7.25. The summed E-state index contributed by atoms with van der Waals surface area (Å²) < 4.78 is 26.5. The molecule has 1 rings (SSSR count). The van der Waals surface area contributed by atoms with Crippen molar-refractivity contribution in [2.45, 2.75) is 80.2 Å². The maximum atomic E-state index is 12.5. The molecule has 1 aromatic rings. The molecule has 11 nitrogen and oxygen atoms in total. The summed E-state index contributed by atoms with van der Waals surface area (Å²) in [6, 6.07) is 2.85. The van der Waals surface area contributed by atoms with Crippen LogP contribution in [0.15, 0.2) is 18.2 Å². The van der Waals surface area contributed by atoms with Gasteiger partial charge in [-0.25, -0.2) is 9.59 Å².